The number of ether oxygens (including phenoxy) is 1. The van der Waals surface area contributed by atoms with E-state index in [0.717, 1.165) is 24.6 Å². The van der Waals surface area contributed by atoms with Gasteiger partial charge in [-0.15, -0.1) is 0 Å². The van der Waals surface area contributed by atoms with Crippen molar-refractivity contribution in [2.45, 2.75) is 27.3 Å². The van der Waals surface area contributed by atoms with Crippen molar-refractivity contribution in [3.63, 3.8) is 0 Å². The molecule has 0 saturated carbocycles. The third-order valence-corrected chi connectivity index (χ3v) is 2.99. The zero-order valence-electron chi connectivity index (χ0n) is 12.7. The summed E-state index contributed by atoms with van der Waals surface area (Å²) in [5.41, 5.74) is 2.42. The van der Waals surface area contributed by atoms with Gasteiger partial charge in [-0.2, -0.15) is 5.10 Å². The summed E-state index contributed by atoms with van der Waals surface area (Å²) in [7, 11) is 1.88. The molecule has 0 aliphatic heterocycles. The van der Waals surface area contributed by atoms with E-state index >= 15 is 0 Å². The van der Waals surface area contributed by atoms with Gasteiger partial charge < -0.3 is 10.1 Å². The molecule has 1 heterocycles. The van der Waals surface area contributed by atoms with Crippen LogP contribution in [0.4, 0.5) is 0 Å². The van der Waals surface area contributed by atoms with Crippen molar-refractivity contribution in [1.82, 2.24) is 15.1 Å². The highest BCUT2D eigenvalue weighted by atomic mass is 16.5. The van der Waals surface area contributed by atoms with Crippen LogP contribution in [0.25, 0.3) is 0 Å². The summed E-state index contributed by atoms with van der Waals surface area (Å²) in [6.07, 6.45) is 3.59. The zero-order chi connectivity index (χ0) is 14.5. The van der Waals surface area contributed by atoms with E-state index in [1.54, 1.807) is 10.9 Å². The molecule has 1 aromatic carbocycles. The first-order valence-electron chi connectivity index (χ1n) is 7.01. The summed E-state index contributed by atoms with van der Waals surface area (Å²) in [4.78, 5) is 0. The average molecular weight is 273 g/mol. The maximum absolute atomic E-state index is 5.92. The molecule has 1 N–H and O–H groups in total. The monoisotopic (exact) mass is 273 g/mol. The summed E-state index contributed by atoms with van der Waals surface area (Å²) in [6, 6.07) is 6.26. The number of aryl methyl sites for hydroxylation is 2. The smallest absolute Gasteiger partial charge is 0.165 e. The molecule has 0 bridgehead atoms. The molecule has 0 atom stereocenters. The van der Waals surface area contributed by atoms with Gasteiger partial charge >= 0.3 is 0 Å². The van der Waals surface area contributed by atoms with Crippen LogP contribution in [0.2, 0.25) is 0 Å². The van der Waals surface area contributed by atoms with Crippen molar-refractivity contribution in [3.8, 4) is 11.5 Å². The minimum Gasteiger partial charge on any atom is -0.454 e. The lowest BCUT2D eigenvalue weighted by Gasteiger charge is -2.13. The maximum Gasteiger partial charge on any atom is 0.165 e. The summed E-state index contributed by atoms with van der Waals surface area (Å²) in [5.74, 6) is 2.30. The molecule has 0 aliphatic rings. The fourth-order valence-corrected chi connectivity index (χ4v) is 2.02. The van der Waals surface area contributed by atoms with Gasteiger partial charge in [0.25, 0.3) is 0 Å². The Morgan fingerprint density at radius 1 is 1.35 bits per heavy atom. The molecule has 2 rings (SSSR count). The van der Waals surface area contributed by atoms with Gasteiger partial charge in [-0.05, 0) is 25.5 Å². The predicted octanol–water partition coefficient (Wildman–Crippen LogP) is 3.27. The van der Waals surface area contributed by atoms with Crippen molar-refractivity contribution in [1.29, 1.82) is 0 Å². The Balaban J connectivity index is 2.10. The van der Waals surface area contributed by atoms with Crippen LogP contribution in [-0.4, -0.2) is 16.3 Å². The predicted molar refractivity (Wildman–Crippen MR) is 81.0 cm³/mol. The van der Waals surface area contributed by atoms with Gasteiger partial charge in [0.1, 0.15) is 5.75 Å². The second kappa shape index (κ2) is 6.57. The Morgan fingerprint density at radius 2 is 2.15 bits per heavy atom. The van der Waals surface area contributed by atoms with E-state index in [1.807, 2.05) is 19.3 Å². The lowest BCUT2D eigenvalue weighted by molar-refractivity contribution is 0.468. The molecule has 0 radical (unpaired) electrons. The van der Waals surface area contributed by atoms with E-state index in [9.17, 15) is 0 Å². The molecule has 0 saturated heterocycles. The number of aromatic nitrogens is 2. The number of hydrogen-bond donors (Lipinski definition) is 1. The largest absolute Gasteiger partial charge is 0.454 e. The van der Waals surface area contributed by atoms with Crippen LogP contribution in [0.3, 0.4) is 0 Å². The summed E-state index contributed by atoms with van der Waals surface area (Å²) < 4.78 is 7.66. The van der Waals surface area contributed by atoms with Crippen LogP contribution in [0.15, 0.2) is 30.6 Å². The second-order valence-corrected chi connectivity index (χ2v) is 5.59. The van der Waals surface area contributed by atoms with E-state index in [4.69, 9.17) is 4.74 Å². The van der Waals surface area contributed by atoms with Crippen LogP contribution >= 0.6 is 0 Å². The SMILES string of the molecule is Cc1ccc(Oc2cnn(C)c2)c(CNCC(C)C)c1. The standard InChI is InChI=1S/C16H23N3O/c1-12(2)8-17-9-14-7-13(3)5-6-16(14)20-15-10-18-19(4)11-15/h5-7,10-12,17H,8-9H2,1-4H3. The van der Waals surface area contributed by atoms with Gasteiger partial charge in [0.05, 0.1) is 12.4 Å². The highest BCUT2D eigenvalue weighted by molar-refractivity contribution is 5.39. The van der Waals surface area contributed by atoms with E-state index < -0.39 is 0 Å². The van der Waals surface area contributed by atoms with E-state index in [2.05, 4.69) is 43.3 Å². The zero-order valence-corrected chi connectivity index (χ0v) is 12.7. The lowest BCUT2D eigenvalue weighted by Crippen LogP contribution is -2.19. The number of benzene rings is 1. The molecule has 20 heavy (non-hydrogen) atoms. The van der Waals surface area contributed by atoms with E-state index in [0.29, 0.717) is 5.92 Å². The number of hydrogen-bond acceptors (Lipinski definition) is 3. The van der Waals surface area contributed by atoms with Gasteiger partial charge in [0, 0.05) is 19.2 Å². The van der Waals surface area contributed by atoms with Crippen LogP contribution in [0.1, 0.15) is 25.0 Å². The van der Waals surface area contributed by atoms with Gasteiger partial charge in [0.2, 0.25) is 0 Å². The van der Waals surface area contributed by atoms with Crippen molar-refractivity contribution < 1.29 is 4.74 Å². The molecule has 0 fully saturated rings. The topological polar surface area (TPSA) is 39.1 Å². The summed E-state index contributed by atoms with van der Waals surface area (Å²) >= 11 is 0. The number of nitrogens with one attached hydrogen (secondary N) is 1. The molecule has 0 spiro atoms. The second-order valence-electron chi connectivity index (χ2n) is 5.59. The average Bonchev–Trinajstić information content (AvgIpc) is 2.78. The van der Waals surface area contributed by atoms with Crippen LogP contribution in [-0.2, 0) is 13.6 Å². The third-order valence-electron chi connectivity index (χ3n) is 2.99. The van der Waals surface area contributed by atoms with Crippen LogP contribution < -0.4 is 10.1 Å². The Morgan fingerprint density at radius 3 is 2.80 bits per heavy atom. The minimum atomic E-state index is 0.641. The van der Waals surface area contributed by atoms with E-state index in [-0.39, 0.29) is 0 Å². The molecule has 4 nitrogen and oxygen atoms in total. The number of rotatable bonds is 6. The molecule has 0 unspecified atom stereocenters. The molecule has 0 aliphatic carbocycles. The molecule has 2 aromatic rings. The van der Waals surface area contributed by atoms with Gasteiger partial charge in [-0.25, -0.2) is 0 Å². The first-order chi connectivity index (χ1) is 9.54. The van der Waals surface area contributed by atoms with Gasteiger partial charge in [-0.3, -0.25) is 4.68 Å². The van der Waals surface area contributed by atoms with Crippen LogP contribution in [0.5, 0.6) is 11.5 Å². The van der Waals surface area contributed by atoms with Crippen molar-refractivity contribution in [2.24, 2.45) is 13.0 Å². The Kier molecular flexibility index (Phi) is 4.79. The van der Waals surface area contributed by atoms with Crippen molar-refractivity contribution in [3.05, 3.63) is 41.7 Å². The molecule has 108 valence electrons. The molecular formula is C16H23N3O. The molecular weight excluding hydrogens is 250 g/mol. The molecule has 4 heteroatoms. The Hall–Kier alpha value is -1.81. The Bertz CT molecular complexity index is 561. The minimum absolute atomic E-state index is 0.641. The summed E-state index contributed by atoms with van der Waals surface area (Å²) in [5, 5.41) is 7.58. The highest BCUT2D eigenvalue weighted by Gasteiger charge is 2.07. The van der Waals surface area contributed by atoms with Gasteiger partial charge in [0.15, 0.2) is 5.75 Å². The normalized spacial score (nSPS) is 11.1. The van der Waals surface area contributed by atoms with Crippen LogP contribution in [0, 0.1) is 12.8 Å². The lowest BCUT2D eigenvalue weighted by atomic mass is 10.1. The van der Waals surface area contributed by atoms with Crippen molar-refractivity contribution in [2.75, 3.05) is 6.54 Å². The molecule has 0 amide bonds. The fraction of sp³-hybridized carbons (Fsp3) is 0.438. The van der Waals surface area contributed by atoms with E-state index in [1.165, 1.54) is 11.1 Å². The molecule has 1 aromatic heterocycles. The first-order valence-corrected chi connectivity index (χ1v) is 7.01. The third kappa shape index (κ3) is 4.10. The van der Waals surface area contributed by atoms with Crippen molar-refractivity contribution >= 4 is 0 Å². The Labute approximate surface area is 120 Å². The van der Waals surface area contributed by atoms with Gasteiger partial charge in [-0.1, -0.05) is 31.5 Å². The highest BCUT2D eigenvalue weighted by Crippen LogP contribution is 2.25. The first kappa shape index (κ1) is 14.6. The fourth-order valence-electron chi connectivity index (χ4n) is 2.02. The quantitative estimate of drug-likeness (QED) is 0.878. The maximum atomic E-state index is 5.92. The number of nitrogens with zero attached hydrogens (tertiary/aromatic N) is 2. The summed E-state index contributed by atoms with van der Waals surface area (Å²) in [6.45, 7) is 8.32.